The maximum atomic E-state index is 6.30. The normalized spacial score (nSPS) is 12.6. The van der Waals surface area contributed by atoms with E-state index < -0.39 is 0 Å². The number of aryl methyl sites for hydroxylation is 2. The van der Waals surface area contributed by atoms with Gasteiger partial charge >= 0.3 is 0 Å². The van der Waals surface area contributed by atoms with Crippen LogP contribution in [0.4, 0.5) is 0 Å². The smallest absolute Gasteiger partial charge is 0.0728 e. The summed E-state index contributed by atoms with van der Waals surface area (Å²) in [4.78, 5) is 2.68. The monoisotopic (exact) mass is 674 g/mol. The average molecular weight is 675 g/mol. The molecule has 2 aromatic carbocycles. The summed E-state index contributed by atoms with van der Waals surface area (Å²) in [5.41, 5.74) is 8.21. The molecule has 2 rings (SSSR count). The van der Waals surface area contributed by atoms with Gasteiger partial charge in [0.1, 0.15) is 0 Å². The van der Waals surface area contributed by atoms with Crippen LogP contribution in [0, 0.1) is 11.8 Å². The van der Waals surface area contributed by atoms with E-state index in [9.17, 15) is 0 Å². The first kappa shape index (κ1) is 41.2. The molecule has 0 amide bonds. The first-order chi connectivity index (χ1) is 21.7. The highest BCUT2D eigenvalue weighted by atomic mass is 33.1. The maximum Gasteiger partial charge on any atom is 0.0728 e. The fourth-order valence-corrected chi connectivity index (χ4v) is 8.02. The van der Waals surface area contributed by atoms with Crippen molar-refractivity contribution >= 4 is 21.6 Å². The number of hydrogen-bond acceptors (Lipinski definition) is 6. The van der Waals surface area contributed by atoms with E-state index in [0.717, 1.165) is 65.3 Å². The van der Waals surface area contributed by atoms with E-state index in [1.165, 1.54) is 43.2 Å². The van der Waals surface area contributed by atoms with Gasteiger partial charge < -0.3 is 18.9 Å². The lowest BCUT2D eigenvalue weighted by atomic mass is 9.84. The second-order valence-electron chi connectivity index (χ2n) is 15.3. The summed E-state index contributed by atoms with van der Waals surface area (Å²) in [6.45, 7) is 32.6. The molecule has 262 valence electrons. The molecular formula is C40H66O4S2. The van der Waals surface area contributed by atoms with Crippen molar-refractivity contribution in [1.29, 1.82) is 0 Å². The Bertz CT molecular complexity index is 1090. The van der Waals surface area contributed by atoms with E-state index in [-0.39, 0.29) is 10.8 Å². The van der Waals surface area contributed by atoms with Crippen molar-refractivity contribution in [1.82, 2.24) is 0 Å². The minimum absolute atomic E-state index is 0.0280. The predicted molar refractivity (Wildman–Crippen MR) is 201 cm³/mol. The summed E-state index contributed by atoms with van der Waals surface area (Å²) in [5, 5.41) is 0. The number of hydrogen-bond donors (Lipinski definition) is 0. The summed E-state index contributed by atoms with van der Waals surface area (Å²) in [6.07, 6.45) is 4.04. The third kappa shape index (κ3) is 14.6. The van der Waals surface area contributed by atoms with Crippen LogP contribution in [0.3, 0.4) is 0 Å². The Kier molecular flexibility index (Phi) is 18.3. The van der Waals surface area contributed by atoms with Crippen LogP contribution in [0.1, 0.15) is 129 Å². The molecule has 0 aliphatic rings. The predicted octanol–water partition coefficient (Wildman–Crippen LogP) is 11.4. The zero-order valence-electron chi connectivity index (χ0n) is 31.4. The molecule has 0 fully saturated rings. The molecule has 0 unspecified atom stereocenters. The van der Waals surface area contributed by atoms with Crippen LogP contribution >= 0.6 is 21.6 Å². The lowest BCUT2D eigenvalue weighted by Crippen LogP contribution is -2.14. The summed E-state index contributed by atoms with van der Waals surface area (Å²) >= 11 is 0. The Balaban J connectivity index is 2.63. The number of ether oxygens (including phenoxy) is 4. The molecule has 0 heterocycles. The van der Waals surface area contributed by atoms with Crippen LogP contribution in [0.2, 0.25) is 0 Å². The SMILES string of the molecule is CCOCCCc1cc(C(C)(C)C)cc(CCCOCC)c1SSc1c(COCC(C)C)cc(C(C)(C)C)cc1COCC(C)C. The molecule has 0 atom stereocenters. The van der Waals surface area contributed by atoms with E-state index in [4.69, 9.17) is 18.9 Å². The van der Waals surface area contributed by atoms with Gasteiger partial charge in [-0.15, -0.1) is 0 Å². The molecule has 4 nitrogen and oxygen atoms in total. The first-order valence-electron chi connectivity index (χ1n) is 17.6. The number of benzene rings is 2. The van der Waals surface area contributed by atoms with Gasteiger partial charge in [0.15, 0.2) is 0 Å². The lowest BCUT2D eigenvalue weighted by molar-refractivity contribution is 0.0907. The van der Waals surface area contributed by atoms with Crippen molar-refractivity contribution in [3.05, 3.63) is 57.6 Å². The first-order valence-corrected chi connectivity index (χ1v) is 19.8. The molecule has 6 heteroatoms. The highest BCUT2D eigenvalue weighted by Crippen LogP contribution is 2.46. The Morgan fingerprint density at radius 2 is 0.891 bits per heavy atom. The maximum absolute atomic E-state index is 6.30. The Labute approximate surface area is 291 Å². The van der Waals surface area contributed by atoms with E-state index >= 15 is 0 Å². The lowest BCUT2D eigenvalue weighted by Gasteiger charge is -2.26. The van der Waals surface area contributed by atoms with Gasteiger partial charge in [-0.3, -0.25) is 0 Å². The van der Waals surface area contributed by atoms with Crippen LogP contribution in [-0.2, 0) is 55.8 Å². The summed E-state index contributed by atoms with van der Waals surface area (Å²) in [6, 6.07) is 9.68. The minimum atomic E-state index is 0.0280. The third-order valence-corrected chi connectivity index (χ3v) is 10.4. The summed E-state index contributed by atoms with van der Waals surface area (Å²) in [5.74, 6) is 0.981. The van der Waals surface area contributed by atoms with Crippen molar-refractivity contribution in [3.8, 4) is 0 Å². The van der Waals surface area contributed by atoms with Crippen LogP contribution in [0.5, 0.6) is 0 Å². The molecule has 0 aliphatic heterocycles. The fourth-order valence-electron chi connectivity index (χ4n) is 5.09. The molecule has 0 aromatic heterocycles. The second-order valence-corrected chi connectivity index (χ2v) is 17.5. The fraction of sp³-hybridized carbons (Fsp3) is 0.700. The average Bonchev–Trinajstić information content (AvgIpc) is 2.96. The van der Waals surface area contributed by atoms with E-state index in [0.29, 0.717) is 25.0 Å². The van der Waals surface area contributed by atoms with E-state index in [1.54, 1.807) is 0 Å². The molecule has 0 radical (unpaired) electrons. The standard InChI is InChI=1S/C40H66O4S2/c1-13-41-19-15-17-31-21-35(39(7,8)9)22-32(18-16-20-42-14-2)37(31)45-46-38-33(27-43-25-29(3)4)23-36(40(10,11)12)24-34(38)28-44-26-30(5)6/h21-24,29-30H,13-20,25-28H2,1-12H3. The summed E-state index contributed by atoms with van der Waals surface area (Å²) in [7, 11) is 3.81. The van der Waals surface area contributed by atoms with Gasteiger partial charge in [-0.2, -0.15) is 0 Å². The van der Waals surface area contributed by atoms with Crippen molar-refractivity contribution < 1.29 is 18.9 Å². The van der Waals surface area contributed by atoms with E-state index in [1.807, 2.05) is 21.6 Å². The van der Waals surface area contributed by atoms with Crippen LogP contribution in [-0.4, -0.2) is 39.6 Å². The van der Waals surface area contributed by atoms with Crippen molar-refractivity contribution in [3.63, 3.8) is 0 Å². The van der Waals surface area contributed by atoms with Gasteiger partial charge in [0.05, 0.1) is 13.2 Å². The van der Waals surface area contributed by atoms with E-state index in [2.05, 4.69) is 107 Å². The molecular weight excluding hydrogens is 609 g/mol. The molecule has 0 spiro atoms. The zero-order valence-corrected chi connectivity index (χ0v) is 33.0. The van der Waals surface area contributed by atoms with Gasteiger partial charge in [-0.05, 0) is 95.6 Å². The van der Waals surface area contributed by atoms with Gasteiger partial charge in [0, 0.05) is 49.4 Å². The van der Waals surface area contributed by atoms with Crippen LogP contribution in [0.15, 0.2) is 34.1 Å². The molecule has 2 aromatic rings. The largest absolute Gasteiger partial charge is 0.382 e. The highest BCUT2D eigenvalue weighted by Gasteiger charge is 2.23. The minimum Gasteiger partial charge on any atom is -0.382 e. The Hall–Kier alpha value is -1.02. The molecule has 0 bridgehead atoms. The van der Waals surface area contributed by atoms with Crippen molar-refractivity contribution in [2.24, 2.45) is 11.8 Å². The van der Waals surface area contributed by atoms with Gasteiger partial charge in [0.25, 0.3) is 0 Å². The van der Waals surface area contributed by atoms with Crippen LogP contribution in [0.25, 0.3) is 0 Å². The topological polar surface area (TPSA) is 36.9 Å². The molecule has 46 heavy (non-hydrogen) atoms. The molecule has 0 saturated heterocycles. The summed E-state index contributed by atoms with van der Waals surface area (Å²) < 4.78 is 24.1. The highest BCUT2D eigenvalue weighted by molar-refractivity contribution is 8.76. The third-order valence-electron chi connectivity index (χ3n) is 7.72. The number of rotatable bonds is 21. The molecule has 0 N–H and O–H groups in total. The molecule has 0 saturated carbocycles. The zero-order chi connectivity index (χ0) is 34.3. The Morgan fingerprint density at radius 1 is 0.543 bits per heavy atom. The second kappa shape index (κ2) is 20.5. The van der Waals surface area contributed by atoms with Gasteiger partial charge in [-0.1, -0.05) is 115 Å². The van der Waals surface area contributed by atoms with Gasteiger partial charge in [0.2, 0.25) is 0 Å². The Morgan fingerprint density at radius 3 is 1.22 bits per heavy atom. The van der Waals surface area contributed by atoms with Crippen molar-refractivity contribution in [2.75, 3.05) is 39.6 Å². The van der Waals surface area contributed by atoms with Crippen LogP contribution < -0.4 is 0 Å². The molecule has 0 aliphatic carbocycles. The van der Waals surface area contributed by atoms with Gasteiger partial charge in [-0.25, -0.2) is 0 Å². The van der Waals surface area contributed by atoms with Crippen molar-refractivity contribution in [2.45, 2.75) is 143 Å². The quantitative estimate of drug-likeness (QED) is 0.0969.